The van der Waals surface area contributed by atoms with Crippen molar-refractivity contribution in [1.82, 2.24) is 4.72 Å². The predicted molar refractivity (Wildman–Crippen MR) is 74.4 cm³/mol. The van der Waals surface area contributed by atoms with Gasteiger partial charge in [-0.05, 0) is 37.4 Å². The van der Waals surface area contributed by atoms with Crippen LogP contribution in [0.3, 0.4) is 0 Å². The van der Waals surface area contributed by atoms with Crippen LogP contribution >= 0.6 is 11.3 Å². The van der Waals surface area contributed by atoms with Gasteiger partial charge in [0.1, 0.15) is 11.5 Å². The Morgan fingerprint density at radius 3 is 2.74 bits per heavy atom. The summed E-state index contributed by atoms with van der Waals surface area (Å²) in [5.74, 6) is 1.34. The van der Waals surface area contributed by atoms with Crippen molar-refractivity contribution in [2.45, 2.75) is 31.3 Å². The smallest absolute Gasteiger partial charge is 0.242 e. The van der Waals surface area contributed by atoms with Crippen molar-refractivity contribution in [2.24, 2.45) is 5.73 Å². The van der Waals surface area contributed by atoms with Crippen molar-refractivity contribution in [2.75, 3.05) is 0 Å². The van der Waals surface area contributed by atoms with Gasteiger partial charge in [-0.15, -0.1) is 11.3 Å². The fraction of sp³-hybridized carbons (Fsp3) is 0.333. The summed E-state index contributed by atoms with van der Waals surface area (Å²) >= 11 is 1.34. The zero-order chi connectivity index (χ0) is 14.0. The molecule has 0 bridgehead atoms. The van der Waals surface area contributed by atoms with Crippen LogP contribution in [0.2, 0.25) is 0 Å². The molecule has 2 aromatic rings. The second-order valence-electron chi connectivity index (χ2n) is 4.20. The van der Waals surface area contributed by atoms with Gasteiger partial charge in [0, 0.05) is 11.4 Å². The molecule has 1 unspecified atom stereocenters. The molecule has 7 heteroatoms. The van der Waals surface area contributed by atoms with E-state index in [9.17, 15) is 8.42 Å². The maximum Gasteiger partial charge on any atom is 0.242 e. The minimum Gasteiger partial charge on any atom is -0.465 e. The van der Waals surface area contributed by atoms with Gasteiger partial charge >= 0.3 is 0 Å². The summed E-state index contributed by atoms with van der Waals surface area (Å²) in [6, 6.07) is 4.70. The molecule has 1 atom stereocenters. The Hall–Kier alpha value is -1.15. The molecule has 2 rings (SSSR count). The second-order valence-corrected chi connectivity index (χ2v) is 6.89. The quantitative estimate of drug-likeness (QED) is 0.886. The van der Waals surface area contributed by atoms with Crippen molar-refractivity contribution < 1.29 is 12.8 Å². The molecule has 0 aliphatic heterocycles. The summed E-state index contributed by atoms with van der Waals surface area (Å²) in [6.07, 6.45) is 0. The van der Waals surface area contributed by atoms with Crippen molar-refractivity contribution >= 4 is 21.4 Å². The number of furan rings is 1. The Morgan fingerprint density at radius 2 is 2.16 bits per heavy atom. The lowest BCUT2D eigenvalue weighted by Crippen LogP contribution is -2.27. The van der Waals surface area contributed by atoms with E-state index < -0.39 is 16.1 Å². The fourth-order valence-corrected chi connectivity index (χ4v) is 4.30. The van der Waals surface area contributed by atoms with Crippen LogP contribution in [0.15, 0.2) is 32.9 Å². The summed E-state index contributed by atoms with van der Waals surface area (Å²) < 4.78 is 32.5. The normalized spacial score (nSPS) is 13.6. The molecule has 0 spiro atoms. The van der Waals surface area contributed by atoms with Crippen LogP contribution in [-0.2, 0) is 16.6 Å². The molecule has 0 saturated heterocycles. The summed E-state index contributed by atoms with van der Waals surface area (Å²) in [6.45, 7) is 3.77. The predicted octanol–water partition coefficient (Wildman–Crippen LogP) is 2.15. The molecular formula is C12H16N2O3S2. The number of sulfonamides is 1. The highest BCUT2D eigenvalue weighted by Gasteiger charge is 2.23. The number of thiophene rings is 1. The van der Waals surface area contributed by atoms with Gasteiger partial charge in [-0.1, -0.05) is 0 Å². The van der Waals surface area contributed by atoms with Gasteiger partial charge in [-0.2, -0.15) is 0 Å². The Balaban J connectivity index is 2.22. The number of aryl methyl sites for hydroxylation is 1. The van der Waals surface area contributed by atoms with Gasteiger partial charge in [-0.25, -0.2) is 13.1 Å². The molecule has 0 saturated carbocycles. The number of hydrogen-bond acceptors (Lipinski definition) is 5. The van der Waals surface area contributed by atoms with Crippen LogP contribution in [0.1, 0.15) is 29.4 Å². The van der Waals surface area contributed by atoms with Crippen LogP contribution in [0.4, 0.5) is 0 Å². The SMILES string of the molecule is Cc1ccc(C(C)NS(=O)(=O)c2ccsc2CN)o1. The maximum atomic E-state index is 12.3. The molecular weight excluding hydrogens is 284 g/mol. The molecule has 19 heavy (non-hydrogen) atoms. The molecule has 0 radical (unpaired) electrons. The summed E-state index contributed by atoms with van der Waals surface area (Å²) in [5, 5.41) is 1.72. The first-order valence-electron chi connectivity index (χ1n) is 5.79. The lowest BCUT2D eigenvalue weighted by Gasteiger charge is -2.12. The second kappa shape index (κ2) is 5.46. The third kappa shape index (κ3) is 3.06. The average Bonchev–Trinajstić information content (AvgIpc) is 2.96. The highest BCUT2D eigenvalue weighted by atomic mass is 32.2. The first kappa shape index (κ1) is 14.3. The van der Waals surface area contributed by atoms with Crippen molar-refractivity contribution in [3.63, 3.8) is 0 Å². The van der Waals surface area contributed by atoms with Gasteiger partial charge in [0.25, 0.3) is 0 Å². The topological polar surface area (TPSA) is 85.3 Å². The third-order valence-electron chi connectivity index (χ3n) is 2.70. The summed E-state index contributed by atoms with van der Waals surface area (Å²) in [5.41, 5.74) is 5.54. The summed E-state index contributed by atoms with van der Waals surface area (Å²) in [4.78, 5) is 0.894. The van der Waals surface area contributed by atoms with Crippen LogP contribution in [0.25, 0.3) is 0 Å². The Bertz CT molecular complexity index is 658. The third-order valence-corrected chi connectivity index (χ3v) is 5.40. The van der Waals surface area contributed by atoms with E-state index in [2.05, 4.69) is 4.72 Å². The molecule has 3 N–H and O–H groups in total. The molecule has 0 aliphatic rings. The monoisotopic (exact) mass is 300 g/mol. The summed E-state index contributed by atoms with van der Waals surface area (Å²) in [7, 11) is -3.58. The molecule has 0 amide bonds. The molecule has 104 valence electrons. The number of rotatable bonds is 5. The highest BCUT2D eigenvalue weighted by Crippen LogP contribution is 2.24. The van der Waals surface area contributed by atoms with E-state index in [-0.39, 0.29) is 11.4 Å². The Morgan fingerprint density at radius 1 is 1.42 bits per heavy atom. The first-order chi connectivity index (χ1) is 8.94. The minimum atomic E-state index is -3.58. The molecule has 0 aliphatic carbocycles. The van der Waals surface area contributed by atoms with E-state index in [4.69, 9.17) is 10.2 Å². The van der Waals surface area contributed by atoms with E-state index in [0.29, 0.717) is 10.6 Å². The molecule has 0 fully saturated rings. The van der Waals surface area contributed by atoms with Gasteiger partial charge in [0.2, 0.25) is 10.0 Å². The van der Waals surface area contributed by atoms with Crippen LogP contribution < -0.4 is 10.5 Å². The van der Waals surface area contributed by atoms with E-state index >= 15 is 0 Å². The van der Waals surface area contributed by atoms with Crippen LogP contribution in [0.5, 0.6) is 0 Å². The van der Waals surface area contributed by atoms with E-state index in [1.807, 2.05) is 6.92 Å². The van der Waals surface area contributed by atoms with Crippen molar-refractivity contribution in [1.29, 1.82) is 0 Å². The number of hydrogen-bond donors (Lipinski definition) is 2. The van der Waals surface area contributed by atoms with Crippen molar-refractivity contribution in [3.05, 3.63) is 40.0 Å². The molecule has 5 nitrogen and oxygen atoms in total. The number of nitrogens with two attached hydrogens (primary N) is 1. The maximum absolute atomic E-state index is 12.3. The van der Waals surface area contributed by atoms with Gasteiger partial charge < -0.3 is 10.2 Å². The Labute approximate surface area is 116 Å². The van der Waals surface area contributed by atoms with Gasteiger partial charge in [0.05, 0.1) is 10.9 Å². The van der Waals surface area contributed by atoms with Crippen molar-refractivity contribution in [3.8, 4) is 0 Å². The zero-order valence-electron chi connectivity index (χ0n) is 10.7. The number of nitrogens with one attached hydrogen (secondary N) is 1. The minimum absolute atomic E-state index is 0.210. The van der Waals surface area contributed by atoms with Crippen LogP contribution in [-0.4, -0.2) is 8.42 Å². The molecule has 2 heterocycles. The average molecular weight is 300 g/mol. The highest BCUT2D eigenvalue weighted by molar-refractivity contribution is 7.89. The van der Waals surface area contributed by atoms with Gasteiger partial charge in [-0.3, -0.25) is 0 Å². The largest absolute Gasteiger partial charge is 0.465 e. The Kier molecular flexibility index (Phi) is 4.10. The van der Waals surface area contributed by atoms with Crippen LogP contribution in [0, 0.1) is 6.92 Å². The molecule has 2 aromatic heterocycles. The lowest BCUT2D eigenvalue weighted by atomic mass is 10.3. The zero-order valence-corrected chi connectivity index (χ0v) is 12.3. The fourth-order valence-electron chi connectivity index (χ4n) is 1.76. The van der Waals surface area contributed by atoms with E-state index in [1.165, 1.54) is 11.3 Å². The lowest BCUT2D eigenvalue weighted by molar-refractivity contribution is 0.441. The molecule has 0 aromatic carbocycles. The van der Waals surface area contributed by atoms with E-state index in [1.54, 1.807) is 30.5 Å². The van der Waals surface area contributed by atoms with E-state index in [0.717, 1.165) is 5.76 Å². The first-order valence-corrected chi connectivity index (χ1v) is 8.15. The van der Waals surface area contributed by atoms with Gasteiger partial charge in [0.15, 0.2) is 0 Å². The standard InChI is InChI=1S/C12H16N2O3S2/c1-8-3-4-10(17-8)9(2)14-19(15,16)12-5-6-18-11(12)7-13/h3-6,9,14H,7,13H2,1-2H3.